The van der Waals surface area contributed by atoms with Gasteiger partial charge in [0, 0.05) is 30.9 Å². The Bertz CT molecular complexity index is 1010. The Hall–Kier alpha value is -3.12. The lowest BCUT2D eigenvalue weighted by Crippen LogP contribution is -2.44. The summed E-state index contributed by atoms with van der Waals surface area (Å²) >= 11 is 0. The molecule has 0 spiro atoms. The van der Waals surface area contributed by atoms with Crippen LogP contribution in [0.3, 0.4) is 0 Å². The zero-order valence-corrected chi connectivity index (χ0v) is 18.1. The van der Waals surface area contributed by atoms with Crippen LogP contribution >= 0.6 is 0 Å². The minimum Gasteiger partial charge on any atom is -0.494 e. The molecule has 1 amide bonds. The number of nitrogens with one attached hydrogen (secondary N) is 1. The van der Waals surface area contributed by atoms with Gasteiger partial charge in [0.15, 0.2) is 5.69 Å². The second kappa shape index (κ2) is 9.35. The van der Waals surface area contributed by atoms with Crippen LogP contribution in [0.15, 0.2) is 60.7 Å². The van der Waals surface area contributed by atoms with Gasteiger partial charge in [0.05, 0.1) is 12.3 Å². The lowest BCUT2D eigenvalue weighted by atomic mass is 9.74. The van der Waals surface area contributed by atoms with Gasteiger partial charge >= 0.3 is 0 Å². The van der Waals surface area contributed by atoms with E-state index in [1.54, 1.807) is 4.68 Å². The van der Waals surface area contributed by atoms with Gasteiger partial charge in [-0.15, -0.1) is 0 Å². The quantitative estimate of drug-likeness (QED) is 0.627. The molecule has 1 aromatic heterocycles. The average Bonchev–Trinajstić information content (AvgIpc) is 3.21. The van der Waals surface area contributed by atoms with Crippen molar-refractivity contribution in [2.45, 2.75) is 32.1 Å². The highest BCUT2D eigenvalue weighted by Gasteiger charge is 2.35. The molecule has 1 aliphatic heterocycles. The van der Waals surface area contributed by atoms with Gasteiger partial charge in [-0.2, -0.15) is 5.10 Å². The standard InChI is InChI=1S/C25H29N3O3/c1-3-31-22-11-9-20(10-12-22)25(13-15-30-16-14-25)18-26-24(29)23-17-19(2)28(27-23)21-7-5-4-6-8-21/h4-12,17H,3,13-16,18H2,1-2H3,(H,26,29). The van der Waals surface area contributed by atoms with Crippen LogP contribution in [0.25, 0.3) is 5.69 Å². The fourth-order valence-electron chi connectivity index (χ4n) is 4.16. The van der Waals surface area contributed by atoms with Gasteiger partial charge < -0.3 is 14.8 Å². The molecule has 1 N–H and O–H groups in total. The van der Waals surface area contributed by atoms with Crippen LogP contribution in [0.4, 0.5) is 0 Å². The first kappa shape index (κ1) is 21.1. The minimum absolute atomic E-state index is 0.157. The normalized spacial score (nSPS) is 15.4. The average molecular weight is 420 g/mol. The summed E-state index contributed by atoms with van der Waals surface area (Å²) in [4.78, 5) is 13.0. The Morgan fingerprint density at radius 1 is 1.13 bits per heavy atom. The molecular weight excluding hydrogens is 390 g/mol. The number of rotatable bonds is 7. The number of hydrogen-bond donors (Lipinski definition) is 1. The third-order valence-corrected chi connectivity index (χ3v) is 5.94. The maximum Gasteiger partial charge on any atom is 0.271 e. The molecule has 2 aromatic carbocycles. The lowest BCUT2D eigenvalue weighted by Gasteiger charge is -2.38. The first-order valence-electron chi connectivity index (χ1n) is 10.8. The maximum atomic E-state index is 13.0. The maximum absolute atomic E-state index is 13.0. The lowest BCUT2D eigenvalue weighted by molar-refractivity contribution is 0.0486. The highest BCUT2D eigenvalue weighted by molar-refractivity contribution is 5.92. The summed E-state index contributed by atoms with van der Waals surface area (Å²) in [5, 5.41) is 7.67. The number of para-hydroxylation sites is 1. The van der Waals surface area contributed by atoms with Crippen molar-refractivity contribution in [3.8, 4) is 11.4 Å². The van der Waals surface area contributed by atoms with Crippen molar-refractivity contribution in [2.24, 2.45) is 0 Å². The van der Waals surface area contributed by atoms with Gasteiger partial charge in [-0.3, -0.25) is 4.79 Å². The van der Waals surface area contributed by atoms with Crippen LogP contribution in [-0.4, -0.2) is 42.1 Å². The minimum atomic E-state index is -0.158. The smallest absolute Gasteiger partial charge is 0.271 e. The Morgan fingerprint density at radius 3 is 2.52 bits per heavy atom. The number of aryl methyl sites for hydroxylation is 1. The van der Waals surface area contributed by atoms with E-state index in [0.29, 0.717) is 32.1 Å². The van der Waals surface area contributed by atoms with Crippen molar-refractivity contribution < 1.29 is 14.3 Å². The molecule has 0 aliphatic carbocycles. The molecule has 2 heterocycles. The highest BCUT2D eigenvalue weighted by Crippen LogP contribution is 2.35. The fraction of sp³-hybridized carbons (Fsp3) is 0.360. The zero-order valence-electron chi connectivity index (χ0n) is 18.1. The molecule has 6 nitrogen and oxygen atoms in total. The SMILES string of the molecule is CCOc1ccc(C2(CNC(=O)c3cc(C)n(-c4ccccc4)n3)CCOCC2)cc1. The van der Waals surface area contributed by atoms with Crippen molar-refractivity contribution in [3.63, 3.8) is 0 Å². The van der Waals surface area contributed by atoms with Gasteiger partial charge in [0.2, 0.25) is 0 Å². The summed E-state index contributed by atoms with van der Waals surface area (Å²) in [6, 6.07) is 19.9. The van der Waals surface area contributed by atoms with E-state index in [0.717, 1.165) is 30.0 Å². The summed E-state index contributed by atoms with van der Waals surface area (Å²) in [6.07, 6.45) is 1.72. The second-order valence-electron chi connectivity index (χ2n) is 7.95. The third-order valence-electron chi connectivity index (χ3n) is 5.94. The van der Waals surface area contributed by atoms with Crippen LogP contribution in [0.1, 0.15) is 41.5 Å². The number of amides is 1. The molecule has 1 fully saturated rings. The highest BCUT2D eigenvalue weighted by atomic mass is 16.5. The summed E-state index contributed by atoms with van der Waals surface area (Å²) in [5.74, 6) is 0.703. The number of aromatic nitrogens is 2. The number of benzene rings is 2. The van der Waals surface area contributed by atoms with Crippen molar-refractivity contribution in [2.75, 3.05) is 26.4 Å². The van der Waals surface area contributed by atoms with Crippen molar-refractivity contribution in [1.29, 1.82) is 0 Å². The van der Waals surface area contributed by atoms with Gasteiger partial charge in [-0.1, -0.05) is 30.3 Å². The van der Waals surface area contributed by atoms with E-state index >= 15 is 0 Å². The Labute approximate surface area is 183 Å². The van der Waals surface area contributed by atoms with Gasteiger partial charge in [-0.05, 0) is 62.6 Å². The number of ether oxygens (including phenoxy) is 2. The van der Waals surface area contributed by atoms with E-state index < -0.39 is 0 Å². The number of carbonyl (C=O) groups excluding carboxylic acids is 1. The Balaban J connectivity index is 1.51. The predicted molar refractivity (Wildman–Crippen MR) is 120 cm³/mol. The van der Waals surface area contributed by atoms with Gasteiger partial charge in [-0.25, -0.2) is 4.68 Å². The number of carbonyl (C=O) groups is 1. The first-order chi connectivity index (χ1) is 15.1. The molecular formula is C25H29N3O3. The van der Waals surface area contributed by atoms with Crippen LogP contribution in [0.5, 0.6) is 5.75 Å². The van der Waals surface area contributed by atoms with Crippen molar-refractivity contribution >= 4 is 5.91 Å². The molecule has 31 heavy (non-hydrogen) atoms. The van der Waals surface area contributed by atoms with Gasteiger partial charge in [0.1, 0.15) is 5.75 Å². The monoisotopic (exact) mass is 419 g/mol. The second-order valence-corrected chi connectivity index (χ2v) is 7.95. The van der Waals surface area contributed by atoms with E-state index in [9.17, 15) is 4.79 Å². The number of nitrogens with zero attached hydrogens (tertiary/aromatic N) is 2. The molecule has 0 unspecified atom stereocenters. The molecule has 1 saturated heterocycles. The molecule has 162 valence electrons. The topological polar surface area (TPSA) is 65.4 Å². The van der Waals surface area contributed by atoms with Crippen LogP contribution in [0.2, 0.25) is 0 Å². The molecule has 0 saturated carbocycles. The molecule has 6 heteroatoms. The molecule has 0 atom stereocenters. The summed E-state index contributed by atoms with van der Waals surface area (Å²) < 4.78 is 13.0. The molecule has 0 bridgehead atoms. The molecule has 1 aliphatic rings. The van der Waals surface area contributed by atoms with Gasteiger partial charge in [0.25, 0.3) is 5.91 Å². The fourth-order valence-corrected chi connectivity index (χ4v) is 4.16. The van der Waals surface area contributed by atoms with E-state index in [1.807, 2.05) is 62.4 Å². The molecule has 4 rings (SSSR count). The van der Waals surface area contributed by atoms with E-state index in [4.69, 9.17) is 9.47 Å². The van der Waals surface area contributed by atoms with Crippen LogP contribution < -0.4 is 10.1 Å². The Morgan fingerprint density at radius 2 is 1.84 bits per heavy atom. The number of hydrogen-bond acceptors (Lipinski definition) is 4. The predicted octanol–water partition coefficient (Wildman–Crippen LogP) is 4.06. The van der Waals surface area contributed by atoms with Crippen molar-refractivity contribution in [1.82, 2.24) is 15.1 Å². The van der Waals surface area contributed by atoms with Crippen molar-refractivity contribution in [3.05, 3.63) is 77.6 Å². The molecule has 3 aromatic rings. The third kappa shape index (κ3) is 4.64. The van der Waals surface area contributed by atoms with E-state index in [2.05, 4.69) is 22.5 Å². The largest absolute Gasteiger partial charge is 0.494 e. The zero-order chi connectivity index (χ0) is 21.7. The van der Waals surface area contributed by atoms with E-state index in [1.165, 1.54) is 5.56 Å². The summed E-state index contributed by atoms with van der Waals surface area (Å²) in [6.45, 7) is 6.49. The molecule has 0 radical (unpaired) electrons. The van der Waals surface area contributed by atoms with E-state index in [-0.39, 0.29) is 11.3 Å². The first-order valence-corrected chi connectivity index (χ1v) is 10.8. The summed E-state index contributed by atoms with van der Waals surface area (Å²) in [5.41, 5.74) is 3.33. The van der Waals surface area contributed by atoms with Crippen LogP contribution in [-0.2, 0) is 10.2 Å². The summed E-state index contributed by atoms with van der Waals surface area (Å²) in [7, 11) is 0. The van der Waals surface area contributed by atoms with Crippen LogP contribution in [0, 0.1) is 6.92 Å². The Kier molecular flexibility index (Phi) is 6.37.